The molecule has 0 amide bonds. The number of hydrogen-bond donors (Lipinski definition) is 2. The Morgan fingerprint density at radius 3 is 2.63 bits per heavy atom. The van der Waals surface area contributed by atoms with E-state index in [1.165, 1.54) is 5.56 Å². The normalized spacial score (nSPS) is 23.3. The lowest BCUT2D eigenvalue weighted by Crippen LogP contribution is -2.51. The van der Waals surface area contributed by atoms with Crippen molar-refractivity contribution in [2.45, 2.75) is 45.3 Å². The fourth-order valence-corrected chi connectivity index (χ4v) is 4.41. The summed E-state index contributed by atoms with van der Waals surface area (Å²) in [6.07, 6.45) is 6.05. The highest BCUT2D eigenvalue weighted by atomic mass is 16.3. The molecule has 0 radical (unpaired) electrons. The Balaban J connectivity index is 0.00000210. The van der Waals surface area contributed by atoms with Crippen molar-refractivity contribution in [1.29, 1.82) is 0 Å². The summed E-state index contributed by atoms with van der Waals surface area (Å²) in [6, 6.07) is 9.68. The van der Waals surface area contributed by atoms with Crippen LogP contribution in [0, 0.1) is 5.92 Å². The second-order valence-electron chi connectivity index (χ2n) is 7.44. The Labute approximate surface area is 161 Å². The molecule has 1 aliphatic heterocycles. The highest BCUT2D eigenvalue weighted by molar-refractivity contribution is 5.97. The molecule has 2 atom stereocenters. The molecule has 27 heavy (non-hydrogen) atoms. The minimum Gasteiger partial charge on any atom is -0.398 e. The zero-order chi connectivity index (χ0) is 18.1. The van der Waals surface area contributed by atoms with Gasteiger partial charge in [-0.1, -0.05) is 19.6 Å². The van der Waals surface area contributed by atoms with Crippen molar-refractivity contribution in [2.24, 2.45) is 5.92 Å². The molecule has 0 saturated carbocycles. The SMILES string of the molecule is C.Nc1cccc2c1CC(N1CCC(C(=O)c3cccnc3)CC1)C(O)C2. The number of pyridine rings is 1. The van der Waals surface area contributed by atoms with Crippen molar-refractivity contribution in [3.8, 4) is 0 Å². The molecule has 0 bridgehead atoms. The third-order valence-electron chi connectivity index (χ3n) is 5.91. The Bertz CT molecular complexity index is 785. The Morgan fingerprint density at radius 1 is 1.15 bits per heavy atom. The molecule has 1 fully saturated rings. The maximum atomic E-state index is 12.6. The molecule has 2 aliphatic rings. The van der Waals surface area contributed by atoms with E-state index in [2.05, 4.69) is 16.0 Å². The zero-order valence-corrected chi connectivity index (χ0v) is 14.8. The van der Waals surface area contributed by atoms with Crippen LogP contribution in [0.5, 0.6) is 0 Å². The minimum atomic E-state index is -0.380. The van der Waals surface area contributed by atoms with Gasteiger partial charge in [-0.15, -0.1) is 0 Å². The number of carbonyl (C=O) groups excluding carboxylic acids is 1. The third-order valence-corrected chi connectivity index (χ3v) is 5.91. The van der Waals surface area contributed by atoms with Crippen LogP contribution in [0.25, 0.3) is 0 Å². The van der Waals surface area contributed by atoms with Crippen molar-refractivity contribution in [2.75, 3.05) is 18.8 Å². The standard InChI is InChI=1S/C21H25N3O2.CH4/c22-18-5-1-3-15-11-20(25)19(12-17(15)18)24-9-6-14(7-10-24)21(26)16-4-2-8-23-13-16;/h1-5,8,13-14,19-20,25H,6-7,9-12,22H2;1H4. The predicted molar refractivity (Wildman–Crippen MR) is 108 cm³/mol. The summed E-state index contributed by atoms with van der Waals surface area (Å²) >= 11 is 0. The molecule has 2 heterocycles. The van der Waals surface area contributed by atoms with Gasteiger partial charge in [0.1, 0.15) is 0 Å². The molecule has 5 heteroatoms. The first-order valence-electron chi connectivity index (χ1n) is 9.36. The summed E-state index contributed by atoms with van der Waals surface area (Å²) in [5.41, 5.74) is 10.0. The highest BCUT2D eigenvalue weighted by Crippen LogP contribution is 2.31. The van der Waals surface area contributed by atoms with Crippen molar-refractivity contribution in [1.82, 2.24) is 9.88 Å². The summed E-state index contributed by atoms with van der Waals surface area (Å²) in [5, 5.41) is 10.7. The molecule has 1 aromatic carbocycles. The van der Waals surface area contributed by atoms with E-state index in [-0.39, 0.29) is 31.3 Å². The second kappa shape index (κ2) is 8.19. The number of ketones is 1. The number of benzene rings is 1. The highest BCUT2D eigenvalue weighted by Gasteiger charge is 2.35. The number of anilines is 1. The van der Waals surface area contributed by atoms with E-state index in [9.17, 15) is 9.90 Å². The number of Topliss-reactive ketones (excluding diaryl/α,β-unsaturated/α-hetero) is 1. The van der Waals surface area contributed by atoms with Gasteiger partial charge in [-0.3, -0.25) is 14.7 Å². The molecule has 1 aliphatic carbocycles. The van der Waals surface area contributed by atoms with Gasteiger partial charge in [-0.05, 0) is 61.7 Å². The number of aromatic nitrogens is 1. The van der Waals surface area contributed by atoms with Crippen LogP contribution in [0.3, 0.4) is 0 Å². The first-order valence-corrected chi connectivity index (χ1v) is 9.36. The van der Waals surface area contributed by atoms with E-state index in [1.807, 2.05) is 24.3 Å². The van der Waals surface area contributed by atoms with Crippen LogP contribution < -0.4 is 5.73 Å². The maximum absolute atomic E-state index is 12.6. The Kier molecular flexibility index (Phi) is 5.92. The van der Waals surface area contributed by atoms with Gasteiger partial charge in [0, 0.05) is 42.0 Å². The molecule has 144 valence electrons. The van der Waals surface area contributed by atoms with E-state index >= 15 is 0 Å². The van der Waals surface area contributed by atoms with Gasteiger partial charge in [0.25, 0.3) is 0 Å². The minimum absolute atomic E-state index is 0. The second-order valence-corrected chi connectivity index (χ2v) is 7.44. The van der Waals surface area contributed by atoms with E-state index in [1.54, 1.807) is 12.4 Å². The van der Waals surface area contributed by atoms with Gasteiger partial charge in [-0.2, -0.15) is 0 Å². The zero-order valence-electron chi connectivity index (χ0n) is 14.8. The number of fused-ring (bicyclic) bond motifs is 1. The molecular weight excluding hydrogens is 338 g/mol. The average molecular weight is 367 g/mol. The van der Waals surface area contributed by atoms with Gasteiger partial charge >= 0.3 is 0 Å². The Morgan fingerprint density at radius 2 is 1.93 bits per heavy atom. The Hall–Kier alpha value is -2.24. The topological polar surface area (TPSA) is 79.5 Å². The van der Waals surface area contributed by atoms with Crippen LogP contribution >= 0.6 is 0 Å². The summed E-state index contributed by atoms with van der Waals surface area (Å²) in [6.45, 7) is 1.67. The summed E-state index contributed by atoms with van der Waals surface area (Å²) < 4.78 is 0. The van der Waals surface area contributed by atoms with Crippen LogP contribution in [0.1, 0.15) is 41.8 Å². The number of piperidine rings is 1. The fourth-order valence-electron chi connectivity index (χ4n) is 4.41. The first kappa shape index (κ1) is 19.5. The largest absolute Gasteiger partial charge is 0.398 e. The van der Waals surface area contributed by atoms with Gasteiger partial charge in [-0.25, -0.2) is 0 Å². The number of likely N-dealkylation sites (tertiary alicyclic amines) is 1. The smallest absolute Gasteiger partial charge is 0.167 e. The summed E-state index contributed by atoms with van der Waals surface area (Å²) in [5.74, 6) is 0.241. The van der Waals surface area contributed by atoms with Crippen LogP contribution in [0.4, 0.5) is 5.69 Å². The number of nitrogens with two attached hydrogens (primary N) is 1. The molecule has 5 nitrogen and oxygen atoms in total. The summed E-state index contributed by atoms with van der Waals surface area (Å²) in [7, 11) is 0. The molecule has 2 aromatic rings. The van der Waals surface area contributed by atoms with Crippen molar-refractivity contribution < 1.29 is 9.90 Å². The number of carbonyl (C=O) groups is 1. The number of rotatable bonds is 3. The van der Waals surface area contributed by atoms with Crippen LogP contribution in [0.15, 0.2) is 42.7 Å². The molecule has 4 rings (SSSR count). The lowest BCUT2D eigenvalue weighted by molar-refractivity contribution is 0.0241. The predicted octanol–water partition coefficient (Wildman–Crippen LogP) is 2.72. The van der Waals surface area contributed by atoms with Crippen LogP contribution in [0.2, 0.25) is 0 Å². The molecular formula is C22H29N3O2. The molecule has 3 N–H and O–H groups in total. The van der Waals surface area contributed by atoms with E-state index in [4.69, 9.17) is 5.73 Å². The van der Waals surface area contributed by atoms with Gasteiger partial charge in [0.15, 0.2) is 5.78 Å². The van der Waals surface area contributed by atoms with Crippen molar-refractivity contribution >= 4 is 11.5 Å². The average Bonchev–Trinajstić information content (AvgIpc) is 2.68. The lowest BCUT2D eigenvalue weighted by Gasteiger charge is -2.42. The number of nitrogen functional groups attached to an aromatic ring is 1. The van der Waals surface area contributed by atoms with Gasteiger partial charge in [0.2, 0.25) is 0 Å². The monoisotopic (exact) mass is 367 g/mol. The summed E-state index contributed by atoms with van der Waals surface area (Å²) in [4.78, 5) is 19.0. The van der Waals surface area contributed by atoms with Crippen LogP contribution in [-0.2, 0) is 12.8 Å². The fraction of sp³-hybridized carbons (Fsp3) is 0.455. The van der Waals surface area contributed by atoms with Gasteiger partial charge in [0.05, 0.1) is 6.10 Å². The van der Waals surface area contributed by atoms with Crippen molar-refractivity contribution in [3.63, 3.8) is 0 Å². The maximum Gasteiger partial charge on any atom is 0.167 e. The molecule has 1 aromatic heterocycles. The lowest BCUT2D eigenvalue weighted by atomic mass is 9.82. The third kappa shape index (κ3) is 3.89. The van der Waals surface area contributed by atoms with E-state index in [0.29, 0.717) is 12.0 Å². The number of hydrogen-bond acceptors (Lipinski definition) is 5. The van der Waals surface area contributed by atoms with Gasteiger partial charge < -0.3 is 10.8 Å². The number of aliphatic hydroxyl groups excluding tert-OH is 1. The number of aliphatic hydroxyl groups is 1. The van der Waals surface area contributed by atoms with E-state index in [0.717, 1.165) is 43.6 Å². The van der Waals surface area contributed by atoms with E-state index < -0.39 is 0 Å². The quantitative estimate of drug-likeness (QED) is 0.644. The molecule has 1 saturated heterocycles. The molecule has 2 unspecified atom stereocenters. The van der Waals surface area contributed by atoms with Crippen molar-refractivity contribution in [3.05, 3.63) is 59.4 Å². The molecule has 0 spiro atoms. The first-order chi connectivity index (χ1) is 12.6. The van der Waals surface area contributed by atoms with Crippen LogP contribution in [-0.4, -0.2) is 46.0 Å². The number of nitrogens with zero attached hydrogens (tertiary/aromatic N) is 2.